The zero-order chi connectivity index (χ0) is 24.5. The first-order chi connectivity index (χ1) is 15.5. The molecule has 0 aliphatic heterocycles. The maximum absolute atomic E-state index is 13.0. The summed E-state index contributed by atoms with van der Waals surface area (Å²) in [7, 11) is -1.86. The molecule has 1 N–H and O–H groups in total. The van der Waals surface area contributed by atoms with E-state index in [1.165, 1.54) is 6.92 Å². The maximum atomic E-state index is 13.0. The predicted octanol–water partition coefficient (Wildman–Crippen LogP) is 5.24. The van der Waals surface area contributed by atoms with Crippen LogP contribution in [0.15, 0.2) is 60.7 Å². The van der Waals surface area contributed by atoms with Crippen molar-refractivity contribution in [2.45, 2.75) is 64.4 Å². The van der Waals surface area contributed by atoms with Gasteiger partial charge in [-0.1, -0.05) is 93.3 Å². The number of benzene rings is 2. The van der Waals surface area contributed by atoms with Crippen molar-refractivity contribution in [3.8, 4) is 11.8 Å². The smallest absolute Gasteiger partial charge is 0.342 e. The third-order valence-electron chi connectivity index (χ3n) is 5.76. The minimum Gasteiger partial charge on any atom is -0.450 e. The maximum Gasteiger partial charge on any atom is 0.342 e. The molecule has 0 aliphatic carbocycles. The lowest BCUT2D eigenvalue weighted by atomic mass is 10.0. The summed E-state index contributed by atoms with van der Waals surface area (Å²) in [6, 6.07) is 18.0. The van der Waals surface area contributed by atoms with Gasteiger partial charge in [-0.25, -0.2) is 4.79 Å². The third-order valence-corrected chi connectivity index (χ3v) is 10.3. The van der Waals surface area contributed by atoms with Crippen molar-refractivity contribution in [3.63, 3.8) is 0 Å². The fourth-order valence-electron chi connectivity index (χ4n) is 2.87. The van der Waals surface area contributed by atoms with Gasteiger partial charge < -0.3 is 14.5 Å². The van der Waals surface area contributed by atoms with Gasteiger partial charge in [0.05, 0.1) is 0 Å². The Bertz CT molecular complexity index is 932. The van der Waals surface area contributed by atoms with Crippen molar-refractivity contribution in [3.05, 3.63) is 71.8 Å². The van der Waals surface area contributed by atoms with Gasteiger partial charge in [0.15, 0.2) is 20.5 Å². The summed E-state index contributed by atoms with van der Waals surface area (Å²) in [6.45, 7) is 12.8. The molecule has 0 bridgehead atoms. The highest BCUT2D eigenvalue weighted by Gasteiger charge is 2.36. The SMILES string of the molecule is CC(=O)NC(C#CCCO[Si](C)(C)C(C)(C)C)C(=O)OC(c1ccccc1)c1ccccc1. The normalized spacial score (nSPS) is 12.5. The van der Waals surface area contributed by atoms with E-state index in [1.807, 2.05) is 60.7 Å². The lowest BCUT2D eigenvalue weighted by molar-refractivity contribution is -0.149. The molecule has 33 heavy (non-hydrogen) atoms. The monoisotopic (exact) mass is 465 g/mol. The van der Waals surface area contributed by atoms with Gasteiger partial charge in [0.2, 0.25) is 5.91 Å². The molecule has 2 aromatic rings. The van der Waals surface area contributed by atoms with Crippen LogP contribution in [0.3, 0.4) is 0 Å². The Morgan fingerprint density at radius 3 is 1.94 bits per heavy atom. The van der Waals surface area contributed by atoms with Gasteiger partial charge in [-0.3, -0.25) is 4.79 Å². The zero-order valence-corrected chi connectivity index (χ0v) is 21.5. The molecule has 0 saturated carbocycles. The van der Waals surface area contributed by atoms with Crippen LogP contribution >= 0.6 is 0 Å². The summed E-state index contributed by atoms with van der Waals surface area (Å²) >= 11 is 0. The molecule has 0 fully saturated rings. The molecule has 176 valence electrons. The molecule has 0 spiro atoms. The van der Waals surface area contributed by atoms with E-state index < -0.39 is 26.4 Å². The van der Waals surface area contributed by atoms with Crippen molar-refractivity contribution < 1.29 is 18.8 Å². The van der Waals surface area contributed by atoms with Gasteiger partial charge in [-0.05, 0) is 29.3 Å². The first kappa shape index (κ1) is 26.4. The fraction of sp³-hybridized carbons (Fsp3) is 0.407. The Kier molecular flexibility index (Phi) is 9.45. The number of amides is 1. The molecule has 0 saturated heterocycles. The lowest BCUT2D eigenvalue weighted by Crippen LogP contribution is -2.41. The van der Waals surface area contributed by atoms with Crippen molar-refractivity contribution in [1.29, 1.82) is 0 Å². The average Bonchev–Trinajstić information content (AvgIpc) is 2.76. The number of nitrogens with one attached hydrogen (secondary N) is 1. The van der Waals surface area contributed by atoms with E-state index in [0.29, 0.717) is 13.0 Å². The first-order valence-corrected chi connectivity index (χ1v) is 14.1. The van der Waals surface area contributed by atoms with E-state index in [4.69, 9.17) is 9.16 Å². The lowest BCUT2D eigenvalue weighted by Gasteiger charge is -2.35. The minimum atomic E-state index is -1.86. The summed E-state index contributed by atoms with van der Waals surface area (Å²) in [4.78, 5) is 24.7. The number of esters is 1. The summed E-state index contributed by atoms with van der Waals surface area (Å²) in [5.74, 6) is 4.90. The fourth-order valence-corrected chi connectivity index (χ4v) is 3.92. The molecule has 0 aromatic heterocycles. The molecule has 2 aromatic carbocycles. The van der Waals surface area contributed by atoms with Gasteiger partial charge in [-0.15, -0.1) is 0 Å². The number of hydrogen-bond donors (Lipinski definition) is 1. The number of carbonyl (C=O) groups is 2. The average molecular weight is 466 g/mol. The van der Waals surface area contributed by atoms with Gasteiger partial charge in [0.25, 0.3) is 0 Å². The topological polar surface area (TPSA) is 64.6 Å². The van der Waals surface area contributed by atoms with E-state index in [-0.39, 0.29) is 10.9 Å². The first-order valence-electron chi connectivity index (χ1n) is 11.2. The summed E-state index contributed by atoms with van der Waals surface area (Å²) in [5.41, 5.74) is 1.68. The number of rotatable bonds is 8. The van der Waals surface area contributed by atoms with E-state index in [1.54, 1.807) is 0 Å². The molecule has 5 nitrogen and oxygen atoms in total. The number of hydrogen-bond acceptors (Lipinski definition) is 4. The molecular weight excluding hydrogens is 430 g/mol. The molecule has 1 atom stereocenters. The summed E-state index contributed by atoms with van der Waals surface area (Å²) in [6.07, 6.45) is -0.128. The van der Waals surface area contributed by atoms with Gasteiger partial charge >= 0.3 is 5.97 Å². The molecule has 1 unspecified atom stereocenters. The Balaban J connectivity index is 2.13. The van der Waals surface area contributed by atoms with Crippen molar-refractivity contribution >= 4 is 20.2 Å². The summed E-state index contributed by atoms with van der Waals surface area (Å²) in [5, 5.41) is 2.72. The van der Waals surface area contributed by atoms with Crippen molar-refractivity contribution in [1.82, 2.24) is 5.32 Å². The Morgan fingerprint density at radius 1 is 0.970 bits per heavy atom. The van der Waals surface area contributed by atoms with E-state index in [9.17, 15) is 9.59 Å². The molecule has 1 amide bonds. The predicted molar refractivity (Wildman–Crippen MR) is 134 cm³/mol. The Morgan fingerprint density at radius 2 is 1.48 bits per heavy atom. The van der Waals surface area contributed by atoms with Crippen LogP contribution in [0.5, 0.6) is 0 Å². The highest BCUT2D eigenvalue weighted by Crippen LogP contribution is 2.36. The molecular formula is C27H35NO4Si. The summed E-state index contributed by atoms with van der Waals surface area (Å²) < 4.78 is 12.0. The minimum absolute atomic E-state index is 0.118. The Hall–Kier alpha value is -2.88. The Labute approximate surface area is 199 Å². The van der Waals surface area contributed by atoms with Crippen LogP contribution in [0.4, 0.5) is 0 Å². The van der Waals surface area contributed by atoms with E-state index >= 15 is 0 Å². The van der Waals surface area contributed by atoms with Crippen LogP contribution in [-0.4, -0.2) is 32.8 Å². The second-order valence-electron chi connectivity index (χ2n) is 9.45. The molecule has 0 heterocycles. The quantitative estimate of drug-likeness (QED) is 0.251. The highest BCUT2D eigenvalue weighted by molar-refractivity contribution is 6.74. The van der Waals surface area contributed by atoms with Crippen LogP contribution in [-0.2, 0) is 18.8 Å². The highest BCUT2D eigenvalue weighted by atomic mass is 28.4. The zero-order valence-electron chi connectivity index (χ0n) is 20.5. The van der Waals surface area contributed by atoms with Crippen LogP contribution in [0.1, 0.15) is 51.3 Å². The van der Waals surface area contributed by atoms with Crippen molar-refractivity contribution in [2.24, 2.45) is 0 Å². The third kappa shape index (κ3) is 8.19. The number of carbonyl (C=O) groups excluding carboxylic acids is 2. The standard InChI is InChI=1S/C27H35NO4Si/c1-21(29)28-24(19-13-14-20-31-33(5,6)27(2,3)4)26(30)32-25(22-15-9-7-10-16-22)23-17-11-8-12-18-23/h7-12,15-18,24-25H,14,20H2,1-6H3,(H,28,29). The second kappa shape index (κ2) is 11.8. The molecule has 6 heteroatoms. The van der Waals surface area contributed by atoms with Crippen molar-refractivity contribution in [2.75, 3.05) is 6.61 Å². The van der Waals surface area contributed by atoms with Crippen LogP contribution < -0.4 is 5.32 Å². The van der Waals surface area contributed by atoms with Crippen LogP contribution in [0, 0.1) is 11.8 Å². The molecule has 0 radical (unpaired) electrons. The van der Waals surface area contributed by atoms with Gasteiger partial charge in [-0.2, -0.15) is 0 Å². The van der Waals surface area contributed by atoms with E-state index in [0.717, 1.165) is 11.1 Å². The van der Waals surface area contributed by atoms with Crippen LogP contribution in [0.25, 0.3) is 0 Å². The van der Waals surface area contributed by atoms with Gasteiger partial charge in [0, 0.05) is 20.0 Å². The van der Waals surface area contributed by atoms with E-state index in [2.05, 4.69) is 51.0 Å². The largest absolute Gasteiger partial charge is 0.450 e. The van der Waals surface area contributed by atoms with Gasteiger partial charge in [0.1, 0.15) is 0 Å². The van der Waals surface area contributed by atoms with Crippen LogP contribution in [0.2, 0.25) is 18.1 Å². The molecule has 0 aliphatic rings. The number of ether oxygens (including phenoxy) is 1. The second-order valence-corrected chi connectivity index (χ2v) is 14.3. The molecule has 2 rings (SSSR count).